The molecule has 0 bridgehead atoms. The van der Waals surface area contributed by atoms with Crippen molar-refractivity contribution in [2.75, 3.05) is 19.5 Å². The number of ether oxygens (including phenoxy) is 2. The summed E-state index contributed by atoms with van der Waals surface area (Å²) < 4.78 is 9.74. The molecule has 1 amide bonds. The van der Waals surface area contributed by atoms with Gasteiger partial charge in [-0.2, -0.15) is 0 Å². The van der Waals surface area contributed by atoms with E-state index in [1.54, 1.807) is 31.4 Å². The molecule has 2 aromatic carbocycles. The van der Waals surface area contributed by atoms with E-state index in [9.17, 15) is 9.59 Å². The van der Waals surface area contributed by atoms with Gasteiger partial charge in [0.15, 0.2) is 0 Å². The number of carbonyl (C=O) groups excluding carboxylic acids is 2. The lowest BCUT2D eigenvalue weighted by Crippen LogP contribution is -2.28. The van der Waals surface area contributed by atoms with Gasteiger partial charge in [-0.25, -0.2) is 4.79 Å². The summed E-state index contributed by atoms with van der Waals surface area (Å²) in [4.78, 5) is 24.1. The van der Waals surface area contributed by atoms with E-state index in [1.807, 2.05) is 30.3 Å². The predicted molar refractivity (Wildman–Crippen MR) is 90.6 cm³/mol. The average Bonchev–Trinajstić information content (AvgIpc) is 2.65. The van der Waals surface area contributed by atoms with Crippen molar-refractivity contribution in [3.8, 4) is 5.75 Å². The first-order chi connectivity index (χ1) is 11.6. The van der Waals surface area contributed by atoms with E-state index in [0.29, 0.717) is 11.3 Å². The number of methoxy groups -OCH3 is 2. The van der Waals surface area contributed by atoms with Crippen LogP contribution in [0.1, 0.15) is 10.4 Å². The van der Waals surface area contributed by atoms with E-state index in [4.69, 9.17) is 9.47 Å². The molecule has 0 saturated carbocycles. The molecule has 0 fully saturated rings. The highest BCUT2D eigenvalue weighted by atomic mass is 16.5. The fourth-order valence-corrected chi connectivity index (χ4v) is 1.88. The van der Waals surface area contributed by atoms with Gasteiger partial charge in [-0.1, -0.05) is 18.2 Å². The van der Waals surface area contributed by atoms with Crippen LogP contribution in [0, 0.1) is 0 Å². The largest absolute Gasteiger partial charge is 0.497 e. The first-order valence-corrected chi connectivity index (χ1v) is 7.19. The van der Waals surface area contributed by atoms with Crippen molar-refractivity contribution in [1.29, 1.82) is 0 Å². The molecule has 24 heavy (non-hydrogen) atoms. The van der Waals surface area contributed by atoms with E-state index < -0.39 is 11.9 Å². The van der Waals surface area contributed by atoms with Crippen LogP contribution in [0.2, 0.25) is 0 Å². The van der Waals surface area contributed by atoms with Gasteiger partial charge in [0.1, 0.15) is 11.4 Å². The van der Waals surface area contributed by atoms with Crippen molar-refractivity contribution in [1.82, 2.24) is 5.32 Å². The van der Waals surface area contributed by atoms with Crippen molar-refractivity contribution >= 4 is 17.6 Å². The summed E-state index contributed by atoms with van der Waals surface area (Å²) in [7, 11) is 2.79. The van der Waals surface area contributed by atoms with Crippen LogP contribution in [-0.2, 0) is 9.53 Å². The number of carbonyl (C=O) groups is 2. The Bertz CT molecular complexity index is 724. The molecule has 0 aliphatic rings. The highest BCUT2D eigenvalue weighted by Gasteiger charge is 2.14. The molecule has 0 saturated heterocycles. The lowest BCUT2D eigenvalue weighted by Gasteiger charge is -2.09. The number of hydrogen-bond donors (Lipinski definition) is 2. The minimum atomic E-state index is -0.653. The summed E-state index contributed by atoms with van der Waals surface area (Å²) in [6.07, 6.45) is 1.39. The second kappa shape index (κ2) is 8.38. The zero-order valence-corrected chi connectivity index (χ0v) is 13.4. The van der Waals surface area contributed by atoms with Crippen LogP contribution in [0.15, 0.2) is 66.5 Å². The topological polar surface area (TPSA) is 76.7 Å². The van der Waals surface area contributed by atoms with E-state index >= 15 is 0 Å². The highest BCUT2D eigenvalue weighted by Crippen LogP contribution is 2.12. The molecule has 124 valence electrons. The van der Waals surface area contributed by atoms with Crippen molar-refractivity contribution < 1.29 is 19.1 Å². The number of para-hydroxylation sites is 1. The van der Waals surface area contributed by atoms with Crippen LogP contribution in [0.3, 0.4) is 0 Å². The minimum absolute atomic E-state index is 0.00201. The summed E-state index contributed by atoms with van der Waals surface area (Å²) in [5, 5.41) is 5.47. The molecule has 0 aliphatic carbocycles. The van der Waals surface area contributed by atoms with Crippen LogP contribution in [0.4, 0.5) is 5.69 Å². The average molecular weight is 326 g/mol. The Morgan fingerprint density at radius 1 is 0.958 bits per heavy atom. The summed E-state index contributed by atoms with van der Waals surface area (Å²) in [6.45, 7) is 0. The second-order valence-corrected chi connectivity index (χ2v) is 4.74. The number of rotatable bonds is 6. The Morgan fingerprint density at radius 2 is 1.62 bits per heavy atom. The SMILES string of the molecule is COC(=O)/C(=C/Nc1ccccc1)NC(=O)c1ccc(OC)cc1. The smallest absolute Gasteiger partial charge is 0.356 e. The van der Waals surface area contributed by atoms with Gasteiger partial charge >= 0.3 is 5.97 Å². The molecule has 0 radical (unpaired) electrons. The van der Waals surface area contributed by atoms with Gasteiger partial charge in [0.25, 0.3) is 5.91 Å². The van der Waals surface area contributed by atoms with E-state index in [2.05, 4.69) is 10.6 Å². The van der Waals surface area contributed by atoms with Crippen molar-refractivity contribution in [3.05, 3.63) is 72.1 Å². The molecular formula is C18H18N2O4. The summed E-state index contributed by atoms with van der Waals surface area (Å²) in [5.74, 6) is -0.439. The number of hydrogen-bond acceptors (Lipinski definition) is 5. The Morgan fingerprint density at radius 3 is 2.21 bits per heavy atom. The summed E-state index contributed by atoms with van der Waals surface area (Å²) in [5.41, 5.74) is 1.17. The third kappa shape index (κ3) is 4.61. The fraction of sp³-hybridized carbons (Fsp3) is 0.111. The first kappa shape index (κ1) is 17.1. The summed E-state index contributed by atoms with van der Waals surface area (Å²) >= 11 is 0. The normalized spacial score (nSPS) is 10.7. The lowest BCUT2D eigenvalue weighted by atomic mass is 10.2. The van der Waals surface area contributed by atoms with Gasteiger partial charge < -0.3 is 20.1 Å². The third-order valence-corrected chi connectivity index (χ3v) is 3.16. The van der Waals surface area contributed by atoms with Gasteiger partial charge in [0.05, 0.1) is 14.2 Å². The van der Waals surface area contributed by atoms with Crippen molar-refractivity contribution in [3.63, 3.8) is 0 Å². The van der Waals surface area contributed by atoms with E-state index in [0.717, 1.165) is 5.69 Å². The maximum Gasteiger partial charge on any atom is 0.356 e. The minimum Gasteiger partial charge on any atom is -0.497 e. The number of anilines is 1. The fourth-order valence-electron chi connectivity index (χ4n) is 1.88. The molecular weight excluding hydrogens is 308 g/mol. The molecule has 0 spiro atoms. The monoisotopic (exact) mass is 326 g/mol. The Labute approximate surface area is 140 Å². The second-order valence-electron chi connectivity index (χ2n) is 4.74. The van der Waals surface area contributed by atoms with Crippen molar-refractivity contribution in [2.24, 2.45) is 0 Å². The van der Waals surface area contributed by atoms with Gasteiger partial charge in [0.2, 0.25) is 0 Å². The molecule has 2 aromatic rings. The van der Waals surface area contributed by atoms with Crippen molar-refractivity contribution in [2.45, 2.75) is 0 Å². The molecule has 0 aliphatic heterocycles. The number of esters is 1. The predicted octanol–water partition coefficient (Wildman–Crippen LogP) is 2.55. The lowest BCUT2D eigenvalue weighted by molar-refractivity contribution is -0.136. The number of benzene rings is 2. The molecule has 0 aromatic heterocycles. The highest BCUT2D eigenvalue weighted by molar-refractivity contribution is 6.01. The molecule has 0 heterocycles. The van der Waals surface area contributed by atoms with E-state index in [1.165, 1.54) is 13.3 Å². The van der Waals surface area contributed by atoms with Gasteiger partial charge in [-0.15, -0.1) is 0 Å². The number of amides is 1. The molecule has 6 heteroatoms. The maximum atomic E-state index is 12.3. The maximum absolute atomic E-state index is 12.3. The molecule has 0 unspecified atom stereocenters. The quantitative estimate of drug-likeness (QED) is 0.630. The van der Waals surface area contributed by atoms with Crippen LogP contribution in [-0.4, -0.2) is 26.1 Å². The Kier molecular flexibility index (Phi) is 5.96. The molecule has 2 N–H and O–H groups in total. The van der Waals surface area contributed by atoms with Crippen LogP contribution >= 0.6 is 0 Å². The summed E-state index contributed by atoms with van der Waals surface area (Å²) in [6, 6.07) is 15.8. The van der Waals surface area contributed by atoms with Crippen LogP contribution in [0.5, 0.6) is 5.75 Å². The number of nitrogens with one attached hydrogen (secondary N) is 2. The zero-order valence-electron chi connectivity index (χ0n) is 13.4. The third-order valence-electron chi connectivity index (χ3n) is 3.16. The van der Waals surface area contributed by atoms with Crippen LogP contribution in [0.25, 0.3) is 0 Å². The van der Waals surface area contributed by atoms with E-state index in [-0.39, 0.29) is 5.70 Å². The Balaban J connectivity index is 2.12. The van der Waals surface area contributed by atoms with Gasteiger partial charge in [-0.3, -0.25) is 4.79 Å². The molecule has 0 atom stereocenters. The Hall–Kier alpha value is -3.28. The molecule has 2 rings (SSSR count). The standard InChI is InChI=1S/C18H18N2O4/c1-23-15-10-8-13(9-11-15)17(21)20-16(18(22)24-2)12-19-14-6-4-3-5-7-14/h3-12,19H,1-2H3,(H,20,21)/b16-12-. The first-order valence-electron chi connectivity index (χ1n) is 7.19. The molecule has 6 nitrogen and oxygen atoms in total. The van der Waals surface area contributed by atoms with Gasteiger partial charge in [-0.05, 0) is 36.4 Å². The van der Waals surface area contributed by atoms with Gasteiger partial charge in [0, 0.05) is 17.5 Å². The van der Waals surface area contributed by atoms with Crippen LogP contribution < -0.4 is 15.4 Å². The zero-order chi connectivity index (χ0) is 17.4.